The van der Waals surface area contributed by atoms with Crippen LogP contribution in [0.15, 0.2) is 12.2 Å². The molecule has 0 aromatic heterocycles. The molecule has 2 aliphatic carbocycles. The van der Waals surface area contributed by atoms with Gasteiger partial charge in [0, 0.05) is 5.92 Å². The molecular weight excluding hydrogens is 160 g/mol. The summed E-state index contributed by atoms with van der Waals surface area (Å²) in [5.41, 5.74) is -0.857. The monoisotopic (exact) mass is 176 g/mol. The summed E-state index contributed by atoms with van der Waals surface area (Å²) < 4.78 is 0. The lowest BCUT2D eigenvalue weighted by Crippen LogP contribution is -2.37. The summed E-state index contributed by atoms with van der Waals surface area (Å²) in [4.78, 5) is 0. The fourth-order valence-electron chi connectivity index (χ4n) is 2.80. The molecule has 1 saturated carbocycles. The van der Waals surface area contributed by atoms with Crippen LogP contribution in [0.3, 0.4) is 0 Å². The van der Waals surface area contributed by atoms with Crippen LogP contribution < -0.4 is 0 Å². The van der Waals surface area contributed by atoms with Crippen molar-refractivity contribution in [3.63, 3.8) is 0 Å². The van der Waals surface area contributed by atoms with Crippen LogP contribution >= 0.6 is 0 Å². The lowest BCUT2D eigenvalue weighted by Gasteiger charge is -2.32. The molecule has 0 spiro atoms. The average Bonchev–Trinajstić information content (AvgIpc) is 2.77. The van der Waals surface area contributed by atoms with Crippen LogP contribution in [0.1, 0.15) is 26.2 Å². The van der Waals surface area contributed by atoms with Gasteiger partial charge in [-0.2, -0.15) is 0 Å². The zero-order chi connectivity index (χ0) is 9.47. The molecule has 2 aliphatic rings. The minimum Gasteiger partial charge on any atom is -0.377 e. The molecule has 0 radical (unpaired) electrons. The van der Waals surface area contributed by atoms with Gasteiger partial charge >= 0.3 is 0 Å². The van der Waals surface area contributed by atoms with Gasteiger partial charge in [-0.3, -0.25) is 0 Å². The summed E-state index contributed by atoms with van der Waals surface area (Å²) in [7, 11) is 0. The number of hydrogen-bond acceptors (Lipinski definition) is 1. The number of aliphatic hydroxyl groups is 1. The van der Waals surface area contributed by atoms with Gasteiger partial charge in [-0.05, 0) is 31.1 Å². The first kappa shape index (κ1) is 8.84. The van der Waals surface area contributed by atoms with Crippen molar-refractivity contribution in [2.75, 3.05) is 0 Å². The van der Waals surface area contributed by atoms with Crippen molar-refractivity contribution < 1.29 is 5.11 Å². The van der Waals surface area contributed by atoms with Gasteiger partial charge in [0.2, 0.25) is 0 Å². The van der Waals surface area contributed by atoms with E-state index in [1.54, 1.807) is 0 Å². The molecule has 0 saturated heterocycles. The lowest BCUT2D eigenvalue weighted by atomic mass is 9.77. The number of hydrogen-bond donors (Lipinski definition) is 1. The molecule has 0 heterocycles. The van der Waals surface area contributed by atoms with Crippen LogP contribution in [0.25, 0.3) is 0 Å². The lowest BCUT2D eigenvalue weighted by molar-refractivity contribution is 0.0222. The molecule has 0 aliphatic heterocycles. The molecule has 4 atom stereocenters. The summed E-state index contributed by atoms with van der Waals surface area (Å²) in [6.45, 7) is 1.97. The van der Waals surface area contributed by atoms with E-state index in [2.05, 4.69) is 18.1 Å². The van der Waals surface area contributed by atoms with E-state index in [1.807, 2.05) is 6.92 Å². The quantitative estimate of drug-likeness (QED) is 0.504. The van der Waals surface area contributed by atoms with Gasteiger partial charge < -0.3 is 5.11 Å². The van der Waals surface area contributed by atoms with Crippen molar-refractivity contribution in [1.82, 2.24) is 0 Å². The second-order valence-electron chi connectivity index (χ2n) is 4.31. The highest BCUT2D eigenvalue weighted by Crippen LogP contribution is 2.48. The van der Waals surface area contributed by atoms with Crippen LogP contribution in [0.5, 0.6) is 0 Å². The van der Waals surface area contributed by atoms with Crippen LogP contribution in [-0.2, 0) is 0 Å². The maximum Gasteiger partial charge on any atom is 0.128 e. The molecule has 2 bridgehead atoms. The maximum atomic E-state index is 10.2. The molecule has 1 N–H and O–H groups in total. The molecule has 4 unspecified atom stereocenters. The van der Waals surface area contributed by atoms with E-state index in [0.29, 0.717) is 24.2 Å². The predicted molar refractivity (Wildman–Crippen MR) is 52.9 cm³/mol. The van der Waals surface area contributed by atoms with Crippen LogP contribution in [0.2, 0.25) is 0 Å². The number of fused-ring (bicyclic) bond motifs is 2. The fraction of sp³-hybridized carbons (Fsp3) is 0.667. The first-order valence-corrected chi connectivity index (χ1v) is 5.08. The van der Waals surface area contributed by atoms with Crippen molar-refractivity contribution in [2.24, 2.45) is 17.8 Å². The summed E-state index contributed by atoms with van der Waals surface area (Å²) in [6, 6.07) is 0. The van der Waals surface area contributed by atoms with Gasteiger partial charge in [-0.1, -0.05) is 25.0 Å². The van der Waals surface area contributed by atoms with E-state index in [4.69, 9.17) is 6.42 Å². The van der Waals surface area contributed by atoms with Crippen LogP contribution in [0, 0.1) is 30.1 Å². The Labute approximate surface area is 79.8 Å². The Morgan fingerprint density at radius 3 is 2.69 bits per heavy atom. The Morgan fingerprint density at radius 1 is 1.54 bits per heavy atom. The van der Waals surface area contributed by atoms with Gasteiger partial charge in [0.25, 0.3) is 0 Å². The molecule has 1 heteroatoms. The maximum absolute atomic E-state index is 10.2. The van der Waals surface area contributed by atoms with Gasteiger partial charge in [0.1, 0.15) is 5.60 Å². The van der Waals surface area contributed by atoms with Crippen LogP contribution in [0.4, 0.5) is 0 Å². The van der Waals surface area contributed by atoms with E-state index in [9.17, 15) is 5.11 Å². The summed E-state index contributed by atoms with van der Waals surface area (Å²) in [5, 5.41) is 10.2. The Kier molecular flexibility index (Phi) is 1.96. The van der Waals surface area contributed by atoms with Crippen molar-refractivity contribution in [1.29, 1.82) is 0 Å². The zero-order valence-electron chi connectivity index (χ0n) is 8.03. The minimum atomic E-state index is -0.857. The topological polar surface area (TPSA) is 20.2 Å². The largest absolute Gasteiger partial charge is 0.377 e. The van der Waals surface area contributed by atoms with Crippen molar-refractivity contribution in [2.45, 2.75) is 31.8 Å². The molecule has 1 nitrogen and oxygen atoms in total. The normalized spacial score (nSPS) is 40.2. The first-order chi connectivity index (χ1) is 6.19. The molecule has 0 amide bonds. The highest BCUT2D eigenvalue weighted by atomic mass is 16.3. The van der Waals surface area contributed by atoms with E-state index in [1.165, 1.54) is 6.42 Å². The highest BCUT2D eigenvalue weighted by molar-refractivity contribution is 5.20. The predicted octanol–water partition coefficient (Wildman–Crippen LogP) is 1.97. The van der Waals surface area contributed by atoms with E-state index < -0.39 is 5.60 Å². The van der Waals surface area contributed by atoms with Crippen LogP contribution in [-0.4, -0.2) is 10.7 Å². The SMILES string of the molecule is C#CC(O)(CC)C1CC2C=CC1C2. The zero-order valence-corrected chi connectivity index (χ0v) is 8.03. The summed E-state index contributed by atoms with van der Waals surface area (Å²) in [5.74, 6) is 4.10. The fourth-order valence-corrected chi connectivity index (χ4v) is 2.80. The molecule has 1 fully saturated rings. The van der Waals surface area contributed by atoms with E-state index >= 15 is 0 Å². The van der Waals surface area contributed by atoms with Crippen molar-refractivity contribution >= 4 is 0 Å². The molecule has 13 heavy (non-hydrogen) atoms. The molecule has 0 aromatic rings. The average molecular weight is 176 g/mol. The summed E-state index contributed by atoms with van der Waals surface area (Å²) in [6.07, 6.45) is 12.9. The van der Waals surface area contributed by atoms with Gasteiger partial charge in [0.05, 0.1) is 0 Å². The second-order valence-corrected chi connectivity index (χ2v) is 4.31. The van der Waals surface area contributed by atoms with Gasteiger partial charge in [0.15, 0.2) is 0 Å². The first-order valence-electron chi connectivity index (χ1n) is 5.08. The van der Waals surface area contributed by atoms with Gasteiger partial charge in [-0.25, -0.2) is 0 Å². The number of allylic oxidation sites excluding steroid dienone is 2. The minimum absolute atomic E-state index is 0.303. The Morgan fingerprint density at radius 2 is 2.31 bits per heavy atom. The third kappa shape index (κ3) is 1.21. The number of terminal acetylenes is 1. The molecule has 0 aromatic carbocycles. The van der Waals surface area contributed by atoms with E-state index in [-0.39, 0.29) is 0 Å². The highest BCUT2D eigenvalue weighted by Gasteiger charge is 2.45. The molecule has 2 rings (SSSR count). The third-order valence-corrected chi connectivity index (χ3v) is 3.68. The smallest absolute Gasteiger partial charge is 0.128 e. The Hall–Kier alpha value is -0.740. The Bertz CT molecular complexity index is 273. The number of rotatable bonds is 2. The third-order valence-electron chi connectivity index (χ3n) is 3.68. The molecule has 70 valence electrons. The molecular formula is C12H16O. The standard InChI is InChI=1S/C12H16O/c1-3-12(13,4-2)11-8-9-5-6-10(11)7-9/h1,5-6,9-11,13H,4,7-8H2,2H3. The van der Waals surface area contributed by atoms with Crippen molar-refractivity contribution in [3.8, 4) is 12.3 Å². The summed E-state index contributed by atoms with van der Waals surface area (Å²) >= 11 is 0. The Balaban J connectivity index is 2.19. The van der Waals surface area contributed by atoms with E-state index in [0.717, 1.165) is 6.42 Å². The van der Waals surface area contributed by atoms with Gasteiger partial charge in [-0.15, -0.1) is 6.42 Å². The van der Waals surface area contributed by atoms with Crippen molar-refractivity contribution in [3.05, 3.63) is 12.2 Å². The second kappa shape index (κ2) is 2.89.